The molecule has 7 heteroatoms. The van der Waals surface area contributed by atoms with Crippen molar-refractivity contribution in [2.24, 2.45) is 11.1 Å². The highest BCUT2D eigenvalue weighted by molar-refractivity contribution is 5.85. The van der Waals surface area contributed by atoms with Gasteiger partial charge >= 0.3 is 0 Å². The molecule has 1 saturated heterocycles. The van der Waals surface area contributed by atoms with Crippen LogP contribution in [0.4, 0.5) is 0 Å². The van der Waals surface area contributed by atoms with Crippen LogP contribution in [0.15, 0.2) is 37.1 Å². The van der Waals surface area contributed by atoms with Crippen molar-refractivity contribution in [1.29, 1.82) is 0 Å². The molecule has 0 saturated carbocycles. The maximum atomic E-state index is 5.85. The first kappa shape index (κ1) is 18.9. The SMILES string of the molecule is CC1(CN)CCN(Cc2ccc(-n3ccnc3)nc2)C1.Cl.Cl. The summed E-state index contributed by atoms with van der Waals surface area (Å²) in [5, 5.41) is 0. The summed E-state index contributed by atoms with van der Waals surface area (Å²) < 4.78 is 1.91. The monoisotopic (exact) mass is 343 g/mol. The van der Waals surface area contributed by atoms with Crippen molar-refractivity contribution in [2.45, 2.75) is 19.9 Å². The van der Waals surface area contributed by atoms with Crippen LogP contribution in [0, 0.1) is 5.41 Å². The quantitative estimate of drug-likeness (QED) is 0.925. The van der Waals surface area contributed by atoms with E-state index in [2.05, 4.69) is 27.9 Å². The average Bonchev–Trinajstić information content (AvgIpc) is 3.11. The number of nitrogens with two attached hydrogens (primary N) is 1. The molecule has 22 heavy (non-hydrogen) atoms. The molecule has 1 atom stereocenters. The van der Waals surface area contributed by atoms with E-state index in [0.717, 1.165) is 32.0 Å². The Bertz CT molecular complexity index is 558. The number of nitrogens with zero attached hydrogens (tertiary/aromatic N) is 4. The van der Waals surface area contributed by atoms with Gasteiger partial charge in [-0.1, -0.05) is 13.0 Å². The molecule has 1 unspecified atom stereocenters. The van der Waals surface area contributed by atoms with Crippen molar-refractivity contribution in [3.8, 4) is 5.82 Å². The van der Waals surface area contributed by atoms with E-state index in [-0.39, 0.29) is 30.2 Å². The maximum absolute atomic E-state index is 5.85. The van der Waals surface area contributed by atoms with Crippen molar-refractivity contribution in [1.82, 2.24) is 19.4 Å². The second kappa shape index (κ2) is 7.92. The first-order valence-electron chi connectivity index (χ1n) is 7.04. The van der Waals surface area contributed by atoms with E-state index in [0.29, 0.717) is 0 Å². The van der Waals surface area contributed by atoms with E-state index >= 15 is 0 Å². The van der Waals surface area contributed by atoms with Crippen LogP contribution in [0.5, 0.6) is 0 Å². The molecule has 2 aromatic heterocycles. The normalized spacial score (nSPS) is 21.2. The third-order valence-corrected chi connectivity index (χ3v) is 4.11. The Labute approximate surface area is 143 Å². The first-order chi connectivity index (χ1) is 9.68. The molecule has 0 amide bonds. The molecular weight excluding hydrogens is 321 g/mol. The van der Waals surface area contributed by atoms with E-state index in [1.165, 1.54) is 12.0 Å². The number of halogens is 2. The van der Waals surface area contributed by atoms with Gasteiger partial charge in [-0.25, -0.2) is 9.97 Å². The van der Waals surface area contributed by atoms with E-state index in [9.17, 15) is 0 Å². The molecule has 1 fully saturated rings. The molecule has 1 aliphatic heterocycles. The predicted molar refractivity (Wildman–Crippen MR) is 92.9 cm³/mol. The van der Waals surface area contributed by atoms with Gasteiger partial charge in [0.15, 0.2) is 0 Å². The lowest BCUT2D eigenvalue weighted by Crippen LogP contribution is -2.31. The van der Waals surface area contributed by atoms with Crippen molar-refractivity contribution < 1.29 is 0 Å². The van der Waals surface area contributed by atoms with E-state index in [1.54, 1.807) is 12.5 Å². The van der Waals surface area contributed by atoms with Crippen LogP contribution >= 0.6 is 24.8 Å². The Hall–Kier alpha value is -1.14. The molecule has 0 aliphatic carbocycles. The smallest absolute Gasteiger partial charge is 0.137 e. The van der Waals surface area contributed by atoms with Crippen LogP contribution < -0.4 is 5.73 Å². The number of pyridine rings is 1. The van der Waals surface area contributed by atoms with Gasteiger partial charge < -0.3 is 5.73 Å². The number of hydrogen-bond donors (Lipinski definition) is 1. The van der Waals surface area contributed by atoms with Gasteiger partial charge in [0.2, 0.25) is 0 Å². The summed E-state index contributed by atoms with van der Waals surface area (Å²) in [5.41, 5.74) is 7.38. The summed E-state index contributed by atoms with van der Waals surface area (Å²) in [6.07, 6.45) is 8.55. The molecule has 3 heterocycles. The fourth-order valence-corrected chi connectivity index (χ4v) is 2.74. The predicted octanol–water partition coefficient (Wildman–Crippen LogP) is 2.28. The highest BCUT2D eigenvalue weighted by atomic mass is 35.5. The summed E-state index contributed by atoms with van der Waals surface area (Å²) in [5.74, 6) is 0.902. The van der Waals surface area contributed by atoms with Crippen LogP contribution in [0.25, 0.3) is 5.82 Å². The minimum Gasteiger partial charge on any atom is -0.330 e. The highest BCUT2D eigenvalue weighted by Crippen LogP contribution is 2.29. The molecule has 0 radical (unpaired) electrons. The zero-order valence-electron chi connectivity index (χ0n) is 12.7. The van der Waals surface area contributed by atoms with Crippen LogP contribution in [0.2, 0.25) is 0 Å². The van der Waals surface area contributed by atoms with Crippen LogP contribution in [-0.2, 0) is 6.54 Å². The molecule has 2 N–H and O–H groups in total. The van der Waals surface area contributed by atoms with E-state index in [1.807, 2.05) is 23.0 Å². The van der Waals surface area contributed by atoms with Gasteiger partial charge in [0.25, 0.3) is 0 Å². The average molecular weight is 344 g/mol. The molecule has 0 bridgehead atoms. The van der Waals surface area contributed by atoms with Gasteiger partial charge in [0.1, 0.15) is 12.1 Å². The van der Waals surface area contributed by atoms with Gasteiger partial charge in [0.05, 0.1) is 0 Å². The van der Waals surface area contributed by atoms with E-state index in [4.69, 9.17) is 5.73 Å². The van der Waals surface area contributed by atoms with Gasteiger partial charge in [0, 0.05) is 31.7 Å². The van der Waals surface area contributed by atoms with Crippen LogP contribution in [0.3, 0.4) is 0 Å². The summed E-state index contributed by atoms with van der Waals surface area (Å²) >= 11 is 0. The van der Waals surface area contributed by atoms with Gasteiger partial charge in [-0.3, -0.25) is 9.47 Å². The maximum Gasteiger partial charge on any atom is 0.137 e. The van der Waals surface area contributed by atoms with E-state index < -0.39 is 0 Å². The molecule has 122 valence electrons. The number of likely N-dealkylation sites (tertiary alicyclic amines) is 1. The largest absolute Gasteiger partial charge is 0.330 e. The lowest BCUT2D eigenvalue weighted by Gasteiger charge is -2.22. The van der Waals surface area contributed by atoms with Gasteiger partial charge in [-0.15, -0.1) is 24.8 Å². The lowest BCUT2D eigenvalue weighted by molar-refractivity contribution is 0.274. The lowest BCUT2D eigenvalue weighted by atomic mass is 9.90. The highest BCUT2D eigenvalue weighted by Gasteiger charge is 2.32. The molecular formula is C15H23Cl2N5. The minimum absolute atomic E-state index is 0. The van der Waals surface area contributed by atoms with Crippen molar-refractivity contribution in [3.05, 3.63) is 42.6 Å². The molecule has 0 spiro atoms. The Balaban J connectivity index is 0.00000121. The fraction of sp³-hybridized carbons (Fsp3) is 0.467. The molecule has 3 rings (SSSR count). The fourth-order valence-electron chi connectivity index (χ4n) is 2.74. The van der Waals surface area contributed by atoms with Gasteiger partial charge in [-0.05, 0) is 36.6 Å². The third kappa shape index (κ3) is 4.20. The zero-order chi connectivity index (χ0) is 14.0. The minimum atomic E-state index is 0. The molecule has 1 aliphatic rings. The summed E-state index contributed by atoms with van der Waals surface area (Å²) in [6, 6.07) is 4.18. The molecule has 5 nitrogen and oxygen atoms in total. The summed E-state index contributed by atoms with van der Waals surface area (Å²) in [6.45, 7) is 6.19. The summed E-state index contributed by atoms with van der Waals surface area (Å²) in [4.78, 5) is 11.0. The van der Waals surface area contributed by atoms with Crippen LogP contribution in [-0.4, -0.2) is 39.1 Å². The second-order valence-electron chi connectivity index (χ2n) is 5.97. The number of aromatic nitrogens is 3. The van der Waals surface area contributed by atoms with Crippen molar-refractivity contribution in [3.63, 3.8) is 0 Å². The van der Waals surface area contributed by atoms with Crippen molar-refractivity contribution >= 4 is 24.8 Å². The Morgan fingerprint density at radius 3 is 2.68 bits per heavy atom. The third-order valence-electron chi connectivity index (χ3n) is 4.11. The Kier molecular flexibility index (Phi) is 6.81. The topological polar surface area (TPSA) is 60.0 Å². The van der Waals surface area contributed by atoms with Crippen LogP contribution in [0.1, 0.15) is 18.9 Å². The second-order valence-corrected chi connectivity index (χ2v) is 5.97. The number of hydrogen-bond acceptors (Lipinski definition) is 4. The van der Waals surface area contributed by atoms with Gasteiger partial charge in [-0.2, -0.15) is 0 Å². The van der Waals surface area contributed by atoms with Crippen molar-refractivity contribution in [2.75, 3.05) is 19.6 Å². The standard InChI is InChI=1S/C15H21N5.2ClH/c1-15(10-16)4-6-19(11-15)9-13-2-3-14(18-8-13)20-7-5-17-12-20;;/h2-3,5,7-8,12H,4,6,9-11,16H2,1H3;2*1H. The number of rotatable bonds is 4. The zero-order valence-corrected chi connectivity index (χ0v) is 14.3. The number of imidazole rings is 1. The molecule has 0 aromatic carbocycles. The Morgan fingerprint density at radius 1 is 1.32 bits per heavy atom. The summed E-state index contributed by atoms with van der Waals surface area (Å²) in [7, 11) is 0. The Morgan fingerprint density at radius 2 is 2.14 bits per heavy atom. The first-order valence-corrected chi connectivity index (χ1v) is 7.04. The molecule has 2 aromatic rings.